The summed E-state index contributed by atoms with van der Waals surface area (Å²) in [5.74, 6) is 0.00789. The van der Waals surface area contributed by atoms with E-state index in [0.717, 1.165) is 15.5 Å². The van der Waals surface area contributed by atoms with Crippen molar-refractivity contribution in [3.63, 3.8) is 0 Å². The molecule has 2 N–H and O–H groups in total. The molecule has 0 atom stereocenters. The van der Waals surface area contributed by atoms with Crippen molar-refractivity contribution in [2.24, 2.45) is 5.73 Å². The molecule has 0 aliphatic carbocycles. The van der Waals surface area contributed by atoms with Crippen LogP contribution in [-0.4, -0.2) is 39.1 Å². The van der Waals surface area contributed by atoms with Gasteiger partial charge >= 0.3 is 11.7 Å². The van der Waals surface area contributed by atoms with E-state index < -0.39 is 11.7 Å². The van der Waals surface area contributed by atoms with E-state index in [1.54, 1.807) is 23.1 Å². The van der Waals surface area contributed by atoms with Crippen LogP contribution < -0.4 is 11.4 Å². The molecule has 1 saturated heterocycles. The zero-order chi connectivity index (χ0) is 22.9. The van der Waals surface area contributed by atoms with Crippen LogP contribution in [0.1, 0.15) is 24.4 Å². The van der Waals surface area contributed by atoms with Crippen molar-refractivity contribution in [1.29, 1.82) is 0 Å². The maximum absolute atomic E-state index is 12.9. The van der Waals surface area contributed by atoms with Gasteiger partial charge in [-0.1, -0.05) is 54.6 Å². The predicted octanol–water partition coefficient (Wildman–Crippen LogP) is 3.49. The van der Waals surface area contributed by atoms with Crippen molar-refractivity contribution in [2.45, 2.75) is 25.3 Å². The van der Waals surface area contributed by atoms with E-state index in [0.29, 0.717) is 43.4 Å². The van der Waals surface area contributed by atoms with Crippen molar-refractivity contribution in [2.75, 3.05) is 13.1 Å². The Bertz CT molecular complexity index is 1410. The maximum Gasteiger partial charge on any atom is 0.337 e. The summed E-state index contributed by atoms with van der Waals surface area (Å²) in [7, 11) is 0. The van der Waals surface area contributed by atoms with Gasteiger partial charge in [0.2, 0.25) is 5.91 Å². The number of benzene rings is 3. The monoisotopic (exact) mass is 441 g/mol. The average molecular weight is 442 g/mol. The Morgan fingerprint density at radius 3 is 2.30 bits per heavy atom. The van der Waals surface area contributed by atoms with Crippen molar-refractivity contribution in [3.8, 4) is 0 Å². The van der Waals surface area contributed by atoms with Crippen molar-refractivity contribution in [3.05, 3.63) is 89.2 Å². The van der Waals surface area contributed by atoms with Crippen molar-refractivity contribution in [1.82, 2.24) is 14.0 Å². The van der Waals surface area contributed by atoms with Gasteiger partial charge in [-0.25, -0.2) is 14.2 Å². The minimum absolute atomic E-state index is 0.00789. The minimum atomic E-state index is -0.786. The summed E-state index contributed by atoms with van der Waals surface area (Å²) in [5.41, 5.74) is 7.33. The van der Waals surface area contributed by atoms with Crippen LogP contribution in [0.25, 0.3) is 21.8 Å². The molecule has 2 heterocycles. The number of hydrogen-bond acceptors (Lipinski definition) is 3. The van der Waals surface area contributed by atoms with Crippen LogP contribution in [0.2, 0.25) is 0 Å². The van der Waals surface area contributed by atoms with E-state index in [2.05, 4.69) is 30.3 Å². The Labute approximate surface area is 191 Å². The molecular formula is C26H25N4O3. The van der Waals surface area contributed by atoms with Gasteiger partial charge in [0.1, 0.15) is 0 Å². The van der Waals surface area contributed by atoms with Crippen LogP contribution in [0.4, 0.5) is 4.79 Å². The standard InChI is InChI=1S/C26H25N4O3/c27-25(32)30-23-8-4-3-7-22(23)29(26(30)33)21-13-15-28(16-14-21)24(31)12-10-18-9-11-19-5-1-2-6-20(19)17-18/h1-9,11-12,17,21H,10,13-16H2,(H2,27,32). The minimum Gasteiger partial charge on any atom is -0.351 e. The molecule has 5 rings (SSSR count). The molecule has 3 aromatic carbocycles. The summed E-state index contributed by atoms with van der Waals surface area (Å²) in [6.45, 7) is 1.11. The molecule has 167 valence electrons. The number of hydrogen-bond donors (Lipinski definition) is 1. The molecular weight excluding hydrogens is 416 g/mol. The normalized spacial score (nSPS) is 14.7. The third-order valence-corrected chi connectivity index (χ3v) is 6.47. The molecule has 0 bridgehead atoms. The number of carbonyl (C=O) groups is 2. The van der Waals surface area contributed by atoms with Crippen LogP contribution in [-0.2, 0) is 11.2 Å². The van der Waals surface area contributed by atoms with E-state index in [1.165, 1.54) is 5.39 Å². The number of nitrogens with zero attached hydrogens (tertiary/aromatic N) is 3. The van der Waals surface area contributed by atoms with Gasteiger partial charge in [-0.05, 0) is 47.7 Å². The zero-order valence-electron chi connectivity index (χ0n) is 18.2. The van der Waals surface area contributed by atoms with Crippen LogP contribution in [0.3, 0.4) is 0 Å². The highest BCUT2D eigenvalue weighted by Crippen LogP contribution is 2.26. The zero-order valence-corrected chi connectivity index (χ0v) is 18.2. The van der Waals surface area contributed by atoms with E-state index in [9.17, 15) is 14.4 Å². The molecule has 1 aliphatic heterocycles. The SMILES string of the molecule is NC(=O)n1c(=O)n(C2CCN(C(=O)[CH]Cc3ccc4ccccc4c3)CC2)c2ccccc21. The van der Waals surface area contributed by atoms with Gasteiger partial charge in [0.25, 0.3) is 0 Å². The molecule has 1 fully saturated rings. The number of imidazole rings is 1. The maximum atomic E-state index is 12.9. The van der Waals surface area contributed by atoms with Crippen molar-refractivity contribution >= 4 is 33.7 Å². The molecule has 1 aliphatic rings. The van der Waals surface area contributed by atoms with E-state index >= 15 is 0 Å². The fraction of sp³-hybridized carbons (Fsp3) is 0.231. The van der Waals surface area contributed by atoms with Gasteiger partial charge in [-0.3, -0.25) is 9.36 Å². The molecule has 33 heavy (non-hydrogen) atoms. The van der Waals surface area contributed by atoms with Crippen LogP contribution >= 0.6 is 0 Å². The summed E-state index contributed by atoms with van der Waals surface area (Å²) in [5, 5.41) is 2.35. The van der Waals surface area contributed by atoms with Gasteiger partial charge in [0.05, 0.1) is 17.5 Å². The van der Waals surface area contributed by atoms with Gasteiger partial charge < -0.3 is 10.6 Å². The number of amides is 2. The summed E-state index contributed by atoms with van der Waals surface area (Å²) < 4.78 is 2.67. The number of para-hydroxylation sites is 2. The largest absolute Gasteiger partial charge is 0.351 e. The van der Waals surface area contributed by atoms with E-state index in [4.69, 9.17) is 5.73 Å². The number of rotatable bonds is 4. The first kappa shape index (κ1) is 21.0. The molecule has 0 unspecified atom stereocenters. The molecule has 1 radical (unpaired) electrons. The lowest BCUT2D eigenvalue weighted by Gasteiger charge is -2.32. The highest BCUT2D eigenvalue weighted by atomic mass is 16.2. The number of aromatic nitrogens is 2. The lowest BCUT2D eigenvalue weighted by atomic mass is 10.0. The number of likely N-dealkylation sites (tertiary alicyclic amines) is 1. The first-order chi connectivity index (χ1) is 16.0. The Kier molecular flexibility index (Phi) is 5.46. The summed E-state index contributed by atoms with van der Waals surface area (Å²) in [4.78, 5) is 39.4. The van der Waals surface area contributed by atoms with Crippen LogP contribution in [0, 0.1) is 6.42 Å². The summed E-state index contributed by atoms with van der Waals surface area (Å²) >= 11 is 0. The smallest absolute Gasteiger partial charge is 0.337 e. The second-order valence-corrected chi connectivity index (χ2v) is 8.46. The van der Waals surface area contributed by atoms with Crippen LogP contribution in [0.15, 0.2) is 71.5 Å². The fourth-order valence-electron chi connectivity index (χ4n) is 4.78. The van der Waals surface area contributed by atoms with Gasteiger partial charge in [0.15, 0.2) is 0 Å². The highest BCUT2D eigenvalue weighted by molar-refractivity contribution is 5.89. The fourth-order valence-corrected chi connectivity index (χ4v) is 4.78. The number of piperidine rings is 1. The van der Waals surface area contributed by atoms with Gasteiger partial charge in [0, 0.05) is 19.1 Å². The lowest BCUT2D eigenvalue weighted by Crippen LogP contribution is -2.42. The topological polar surface area (TPSA) is 90.3 Å². The molecule has 1 aromatic heterocycles. The Morgan fingerprint density at radius 1 is 0.909 bits per heavy atom. The first-order valence-electron chi connectivity index (χ1n) is 11.1. The highest BCUT2D eigenvalue weighted by Gasteiger charge is 2.28. The van der Waals surface area contributed by atoms with E-state index in [-0.39, 0.29) is 11.9 Å². The molecule has 7 heteroatoms. The molecule has 4 aromatic rings. The summed E-state index contributed by atoms with van der Waals surface area (Å²) in [6.07, 6.45) is 3.59. The average Bonchev–Trinajstić information content (AvgIpc) is 3.14. The predicted molar refractivity (Wildman–Crippen MR) is 128 cm³/mol. The van der Waals surface area contributed by atoms with Crippen LogP contribution in [0.5, 0.6) is 0 Å². The third kappa shape index (κ3) is 3.91. The Morgan fingerprint density at radius 2 is 1.58 bits per heavy atom. The second-order valence-electron chi connectivity index (χ2n) is 8.46. The van der Waals surface area contributed by atoms with Gasteiger partial charge in [-0.15, -0.1) is 0 Å². The second kappa shape index (κ2) is 8.58. The van der Waals surface area contributed by atoms with Crippen molar-refractivity contribution < 1.29 is 9.59 Å². The molecule has 7 nitrogen and oxygen atoms in total. The Balaban J connectivity index is 1.25. The first-order valence-corrected chi connectivity index (χ1v) is 11.1. The number of fused-ring (bicyclic) bond motifs is 2. The number of nitrogens with two attached hydrogens (primary N) is 1. The number of carbonyl (C=O) groups excluding carboxylic acids is 2. The third-order valence-electron chi connectivity index (χ3n) is 6.47. The van der Waals surface area contributed by atoms with E-state index in [1.807, 2.05) is 29.2 Å². The molecule has 0 spiro atoms. The summed E-state index contributed by atoms with van der Waals surface area (Å²) in [6, 6.07) is 20.7. The Hall–Kier alpha value is -3.87. The molecule has 0 saturated carbocycles. The quantitative estimate of drug-likeness (QED) is 0.526. The lowest BCUT2D eigenvalue weighted by molar-refractivity contribution is -0.128. The molecule has 2 amide bonds. The van der Waals surface area contributed by atoms with Gasteiger partial charge in [-0.2, -0.15) is 0 Å². The number of primary amides is 1.